The van der Waals surface area contributed by atoms with Crippen LogP contribution in [0.15, 0.2) is 30.3 Å². The molecule has 0 heterocycles. The number of hydrogen-bond acceptors (Lipinski definition) is 3. The molecule has 4 nitrogen and oxygen atoms in total. The number of halogens is 1. The minimum atomic E-state index is -0.589. The Labute approximate surface area is 140 Å². The first-order valence-electron chi connectivity index (χ1n) is 7.50. The van der Waals surface area contributed by atoms with Gasteiger partial charge in [0, 0.05) is 0 Å². The third-order valence-electron chi connectivity index (χ3n) is 3.32. The van der Waals surface area contributed by atoms with Gasteiger partial charge >= 0.3 is 5.97 Å². The Morgan fingerprint density at radius 1 is 1.23 bits per heavy atom. The molecule has 0 fully saturated rings. The Morgan fingerprint density at radius 2 is 1.86 bits per heavy atom. The number of esters is 1. The van der Waals surface area contributed by atoms with Gasteiger partial charge < -0.3 is 10.1 Å². The maximum atomic E-state index is 12.2. The molecule has 0 saturated carbocycles. The maximum absolute atomic E-state index is 12.2. The van der Waals surface area contributed by atoms with Crippen molar-refractivity contribution in [3.8, 4) is 0 Å². The highest BCUT2D eigenvalue weighted by Gasteiger charge is 2.25. The molecule has 22 heavy (non-hydrogen) atoms. The average Bonchev–Trinajstić information content (AvgIpc) is 2.51. The van der Waals surface area contributed by atoms with Crippen LogP contribution >= 0.6 is 15.9 Å². The average molecular weight is 370 g/mol. The number of amides is 1. The zero-order chi connectivity index (χ0) is 16.5. The number of alkyl halides is 1. The Morgan fingerprint density at radius 3 is 2.41 bits per heavy atom. The molecule has 1 amide bonds. The highest BCUT2D eigenvalue weighted by molar-refractivity contribution is 9.10. The smallest absolute Gasteiger partial charge is 0.328 e. The van der Waals surface area contributed by atoms with E-state index in [1.54, 1.807) is 0 Å². The quantitative estimate of drug-likeness (QED) is 0.565. The molecule has 1 aromatic rings. The van der Waals surface area contributed by atoms with Crippen molar-refractivity contribution in [2.75, 3.05) is 7.11 Å². The van der Waals surface area contributed by atoms with Crippen molar-refractivity contribution >= 4 is 27.8 Å². The third-order valence-corrected chi connectivity index (χ3v) is 4.20. The van der Waals surface area contributed by atoms with Gasteiger partial charge in [0.1, 0.15) is 6.04 Å². The van der Waals surface area contributed by atoms with Crippen LogP contribution < -0.4 is 5.32 Å². The van der Waals surface area contributed by atoms with Gasteiger partial charge in [-0.1, -0.05) is 60.1 Å². The number of benzene rings is 1. The third kappa shape index (κ3) is 6.60. The van der Waals surface area contributed by atoms with E-state index in [2.05, 4.69) is 21.2 Å². The molecular weight excluding hydrogens is 346 g/mol. The predicted molar refractivity (Wildman–Crippen MR) is 90.9 cm³/mol. The Balaban J connectivity index is 2.51. The van der Waals surface area contributed by atoms with Crippen LogP contribution in [0, 0.1) is 5.92 Å². The molecule has 0 saturated heterocycles. The summed E-state index contributed by atoms with van der Waals surface area (Å²) in [5.74, 6) is -0.278. The summed E-state index contributed by atoms with van der Waals surface area (Å²) in [4.78, 5) is 23.6. The molecule has 1 rings (SSSR count). The number of hydrogen-bond donors (Lipinski definition) is 1. The molecule has 5 heteroatoms. The van der Waals surface area contributed by atoms with Crippen LogP contribution in [-0.4, -0.2) is 29.9 Å². The van der Waals surface area contributed by atoms with E-state index < -0.39 is 12.0 Å². The summed E-state index contributed by atoms with van der Waals surface area (Å²) < 4.78 is 4.75. The molecule has 1 aromatic carbocycles. The molecule has 0 spiro atoms. The Bertz CT molecular complexity index is 476. The fourth-order valence-electron chi connectivity index (χ4n) is 2.16. The molecule has 2 atom stereocenters. The molecule has 0 bridgehead atoms. The molecule has 0 aliphatic carbocycles. The van der Waals surface area contributed by atoms with E-state index in [4.69, 9.17) is 4.74 Å². The lowest BCUT2D eigenvalue weighted by Gasteiger charge is -2.20. The van der Waals surface area contributed by atoms with Crippen molar-refractivity contribution in [1.29, 1.82) is 0 Å². The summed E-state index contributed by atoms with van der Waals surface area (Å²) in [6.45, 7) is 4.01. The molecule has 0 radical (unpaired) electrons. The zero-order valence-corrected chi connectivity index (χ0v) is 14.9. The van der Waals surface area contributed by atoms with E-state index in [0.29, 0.717) is 18.8 Å². The fraction of sp³-hybridized carbons (Fsp3) is 0.529. The molecule has 0 aliphatic heterocycles. The Kier molecular flexibility index (Phi) is 8.17. The van der Waals surface area contributed by atoms with Gasteiger partial charge in [-0.05, 0) is 30.7 Å². The number of ether oxygens (including phenoxy) is 1. The summed E-state index contributed by atoms with van der Waals surface area (Å²) >= 11 is 3.40. The minimum Gasteiger partial charge on any atom is -0.467 e. The lowest BCUT2D eigenvalue weighted by atomic mass is 10.0. The first-order chi connectivity index (χ1) is 10.4. The number of carbonyl (C=O) groups excluding carboxylic acids is 2. The highest BCUT2D eigenvalue weighted by atomic mass is 79.9. The van der Waals surface area contributed by atoms with Crippen LogP contribution in [0.2, 0.25) is 0 Å². The van der Waals surface area contributed by atoms with Crippen molar-refractivity contribution < 1.29 is 14.3 Å². The second-order valence-corrected chi connectivity index (χ2v) is 6.81. The lowest BCUT2D eigenvalue weighted by Crippen LogP contribution is -2.45. The largest absolute Gasteiger partial charge is 0.467 e. The summed E-state index contributed by atoms with van der Waals surface area (Å²) in [5.41, 5.74) is 1.19. The van der Waals surface area contributed by atoms with Gasteiger partial charge in [0.15, 0.2) is 0 Å². The van der Waals surface area contributed by atoms with E-state index in [-0.39, 0.29) is 10.7 Å². The van der Waals surface area contributed by atoms with Crippen LogP contribution in [0.3, 0.4) is 0 Å². The summed E-state index contributed by atoms with van der Waals surface area (Å²) in [5, 5.41) is 2.77. The van der Waals surface area contributed by atoms with Crippen LogP contribution in [0.1, 0.15) is 32.3 Å². The minimum absolute atomic E-state index is 0.174. The number of aryl methyl sites for hydroxylation is 1. The zero-order valence-electron chi connectivity index (χ0n) is 13.3. The van der Waals surface area contributed by atoms with E-state index in [9.17, 15) is 9.59 Å². The van der Waals surface area contributed by atoms with Crippen molar-refractivity contribution in [3.05, 3.63) is 35.9 Å². The van der Waals surface area contributed by atoms with E-state index >= 15 is 0 Å². The summed E-state index contributed by atoms with van der Waals surface area (Å²) in [6.07, 6.45) is 2.04. The molecule has 1 N–H and O–H groups in total. The first kappa shape index (κ1) is 18.7. The van der Waals surface area contributed by atoms with Crippen molar-refractivity contribution in [2.24, 2.45) is 5.92 Å². The lowest BCUT2D eigenvalue weighted by molar-refractivity contribution is -0.145. The second-order valence-electron chi connectivity index (χ2n) is 5.71. The summed E-state index contributed by atoms with van der Waals surface area (Å²) in [6, 6.07) is 9.41. The summed E-state index contributed by atoms with van der Waals surface area (Å²) in [7, 11) is 1.34. The van der Waals surface area contributed by atoms with Crippen molar-refractivity contribution in [2.45, 2.75) is 44.0 Å². The van der Waals surface area contributed by atoms with Gasteiger partial charge in [-0.25, -0.2) is 4.79 Å². The number of carbonyl (C=O) groups is 2. The molecule has 0 aromatic heterocycles. The van der Waals surface area contributed by atoms with Crippen LogP contribution in [-0.2, 0) is 20.7 Å². The van der Waals surface area contributed by atoms with Gasteiger partial charge in [0.2, 0.25) is 5.91 Å². The van der Waals surface area contributed by atoms with E-state index in [1.165, 1.54) is 12.7 Å². The van der Waals surface area contributed by atoms with Crippen molar-refractivity contribution in [1.82, 2.24) is 5.32 Å². The molecule has 0 aliphatic rings. The van der Waals surface area contributed by atoms with E-state index in [1.807, 2.05) is 44.2 Å². The van der Waals surface area contributed by atoms with Gasteiger partial charge in [-0.15, -0.1) is 0 Å². The molecular formula is C17H24BrNO3. The van der Waals surface area contributed by atoms with E-state index in [0.717, 1.165) is 6.42 Å². The molecule has 122 valence electrons. The standard InChI is InChI=1S/C17H24BrNO3/c1-12(2)11-15(17(21)22-3)19-16(20)14(18)10-9-13-7-5-4-6-8-13/h4-8,12,14-15H,9-11H2,1-3H3,(H,19,20). The molecule has 2 unspecified atom stereocenters. The highest BCUT2D eigenvalue weighted by Crippen LogP contribution is 2.13. The van der Waals surface area contributed by atoms with Gasteiger partial charge in [0.25, 0.3) is 0 Å². The van der Waals surface area contributed by atoms with Crippen LogP contribution in [0.4, 0.5) is 0 Å². The Hall–Kier alpha value is -1.36. The second kappa shape index (κ2) is 9.62. The monoisotopic (exact) mass is 369 g/mol. The topological polar surface area (TPSA) is 55.4 Å². The van der Waals surface area contributed by atoms with Crippen molar-refractivity contribution in [3.63, 3.8) is 0 Å². The first-order valence-corrected chi connectivity index (χ1v) is 8.41. The predicted octanol–water partition coefficient (Wildman–Crippen LogP) is 3.09. The maximum Gasteiger partial charge on any atom is 0.328 e. The SMILES string of the molecule is COC(=O)C(CC(C)C)NC(=O)C(Br)CCc1ccccc1. The normalized spacial score (nSPS) is 13.5. The fourth-order valence-corrected chi connectivity index (χ4v) is 2.52. The van der Waals surface area contributed by atoms with Gasteiger partial charge in [-0.3, -0.25) is 4.79 Å². The number of rotatable bonds is 8. The van der Waals surface area contributed by atoms with Crippen LogP contribution in [0.25, 0.3) is 0 Å². The van der Waals surface area contributed by atoms with Crippen LogP contribution in [0.5, 0.6) is 0 Å². The number of methoxy groups -OCH3 is 1. The number of nitrogens with one attached hydrogen (secondary N) is 1. The van der Waals surface area contributed by atoms with Gasteiger partial charge in [-0.2, -0.15) is 0 Å². The van der Waals surface area contributed by atoms with Gasteiger partial charge in [0.05, 0.1) is 11.9 Å².